The predicted molar refractivity (Wildman–Crippen MR) is 221 cm³/mol. The number of nitrogens with one attached hydrogen (secondary N) is 2. The average Bonchev–Trinajstić information content (AvgIpc) is 3.98. The van der Waals surface area contributed by atoms with Crippen LogP contribution in [0.3, 0.4) is 0 Å². The van der Waals surface area contributed by atoms with Crippen molar-refractivity contribution in [2.45, 2.75) is 110 Å². The Hall–Kier alpha value is -2.77. The van der Waals surface area contributed by atoms with Crippen molar-refractivity contribution in [3.05, 3.63) is 72.6 Å². The zero-order valence-electron chi connectivity index (χ0n) is 33.0. The molecule has 9 heteroatoms. The molecule has 2 unspecified atom stereocenters. The number of anilines is 1. The van der Waals surface area contributed by atoms with Gasteiger partial charge in [-0.3, -0.25) is 20.6 Å². The molecule has 1 saturated heterocycles. The number of piperazine rings is 1. The first-order valence-electron chi connectivity index (χ1n) is 20.2. The predicted octanol–water partition coefficient (Wildman–Crippen LogP) is 8.57. The van der Waals surface area contributed by atoms with Crippen LogP contribution in [0.5, 0.6) is 0 Å². The summed E-state index contributed by atoms with van der Waals surface area (Å²) in [7, 11) is 0. The summed E-state index contributed by atoms with van der Waals surface area (Å²) in [4.78, 5) is 13.1. The second-order valence-corrected chi connectivity index (χ2v) is 16.3. The molecule has 53 heavy (non-hydrogen) atoms. The van der Waals surface area contributed by atoms with E-state index in [1.54, 1.807) is 6.21 Å². The minimum atomic E-state index is -0.0540. The summed E-state index contributed by atoms with van der Waals surface area (Å²) in [5, 5.41) is 9.71. The Kier molecular flexibility index (Phi) is 15.0. The first-order chi connectivity index (χ1) is 25.3. The van der Waals surface area contributed by atoms with E-state index in [4.69, 9.17) is 10.4 Å². The molecule has 3 aliphatic heterocycles. The SMILES string of the molecule is C=CNN.CCn1c(-c2cc(N3CCN(C4CC4)CC3)cnc2C(C)C=N)c2c3cc(ccc31)C1=CCCN(CCCCCC[CH-]CC(C)(C)C2)C1.[W]. The summed E-state index contributed by atoms with van der Waals surface area (Å²) in [6.45, 7) is 21.4. The molecule has 1 aromatic carbocycles. The molecule has 0 radical (unpaired) electrons. The zero-order chi connectivity index (χ0) is 36.7. The van der Waals surface area contributed by atoms with Crippen LogP contribution in [0.4, 0.5) is 5.69 Å². The number of fused-ring (bicyclic) bond motifs is 4. The monoisotopic (exact) mass is 889 g/mol. The molecular formula is C44H65N8W-. The number of hydrazine groups is 1. The fourth-order valence-electron chi connectivity index (χ4n) is 8.72. The van der Waals surface area contributed by atoms with Crippen molar-refractivity contribution in [3.63, 3.8) is 0 Å². The van der Waals surface area contributed by atoms with Gasteiger partial charge in [0, 0.05) is 108 Å². The molecule has 7 rings (SSSR count). The maximum Gasteiger partial charge on any atom is 0.0579 e. The summed E-state index contributed by atoms with van der Waals surface area (Å²) in [6, 6.07) is 10.6. The van der Waals surface area contributed by atoms with Crippen LogP contribution in [0.15, 0.2) is 49.3 Å². The minimum absolute atomic E-state index is 0. The molecule has 2 fully saturated rings. The fraction of sp³-hybridized carbons (Fsp3) is 0.568. The smallest absolute Gasteiger partial charge is 0.0579 e. The summed E-state index contributed by atoms with van der Waals surface area (Å²) in [5.74, 6) is 4.61. The van der Waals surface area contributed by atoms with Crippen molar-refractivity contribution in [3.8, 4) is 11.3 Å². The number of hydrogen-bond donors (Lipinski definition) is 3. The first kappa shape index (κ1) is 41.4. The normalized spacial score (nSPS) is 21.7. The van der Waals surface area contributed by atoms with Crippen LogP contribution in [-0.2, 0) is 34.0 Å². The van der Waals surface area contributed by atoms with Gasteiger partial charge in [0.05, 0.1) is 23.3 Å². The number of nitrogens with two attached hydrogens (primary N) is 1. The maximum absolute atomic E-state index is 8.31. The Morgan fingerprint density at radius 1 is 1.08 bits per heavy atom. The molecule has 4 bridgehead atoms. The van der Waals surface area contributed by atoms with Gasteiger partial charge in [0.25, 0.3) is 0 Å². The molecule has 3 aromatic rings. The number of nitrogens with zero attached hydrogens (tertiary/aromatic N) is 5. The third kappa shape index (κ3) is 10.1. The molecule has 1 aliphatic carbocycles. The quantitative estimate of drug-likeness (QED) is 0.0955. The van der Waals surface area contributed by atoms with Crippen molar-refractivity contribution >= 4 is 28.4 Å². The van der Waals surface area contributed by atoms with Crippen LogP contribution in [0.2, 0.25) is 0 Å². The Morgan fingerprint density at radius 3 is 2.53 bits per heavy atom. The molecule has 2 atom stereocenters. The van der Waals surface area contributed by atoms with E-state index in [2.05, 4.69) is 108 Å². The van der Waals surface area contributed by atoms with Gasteiger partial charge in [-0.05, 0) is 80.5 Å². The van der Waals surface area contributed by atoms with Crippen molar-refractivity contribution in [2.75, 3.05) is 50.7 Å². The molecule has 5 heterocycles. The van der Waals surface area contributed by atoms with E-state index in [1.807, 2.05) is 0 Å². The van der Waals surface area contributed by atoms with Gasteiger partial charge < -0.3 is 26.7 Å². The van der Waals surface area contributed by atoms with E-state index in [0.717, 1.165) is 70.3 Å². The first-order valence-corrected chi connectivity index (χ1v) is 20.2. The number of aromatic nitrogens is 2. The number of rotatable bonds is 7. The fourth-order valence-corrected chi connectivity index (χ4v) is 8.72. The second-order valence-electron chi connectivity index (χ2n) is 16.3. The van der Waals surface area contributed by atoms with Crippen molar-refractivity contribution in [1.29, 1.82) is 5.41 Å². The molecule has 4 aliphatic rings. The van der Waals surface area contributed by atoms with Crippen LogP contribution in [0.1, 0.15) is 108 Å². The number of aryl methyl sites for hydroxylation is 1. The Balaban J connectivity index is 0.00000103. The van der Waals surface area contributed by atoms with E-state index in [-0.39, 0.29) is 32.4 Å². The molecule has 2 aromatic heterocycles. The van der Waals surface area contributed by atoms with Crippen molar-refractivity contribution in [1.82, 2.24) is 24.8 Å². The molecule has 0 spiro atoms. The van der Waals surface area contributed by atoms with Crippen molar-refractivity contribution in [2.24, 2.45) is 11.3 Å². The van der Waals surface area contributed by atoms with E-state index in [0.29, 0.717) is 0 Å². The maximum atomic E-state index is 8.31. The van der Waals surface area contributed by atoms with Crippen molar-refractivity contribution < 1.29 is 21.1 Å². The Morgan fingerprint density at radius 2 is 1.83 bits per heavy atom. The van der Waals surface area contributed by atoms with Gasteiger partial charge >= 0.3 is 0 Å². The standard InChI is InChI=1S/C42H59N6.C2H6N2.W/c1-5-48-39-17-14-32-25-36(39)38(27-42(3,4)18-10-8-6-7-9-11-19-45-20-12-13-33(32)30-45)41(48)37-26-35(29-44-40(37)31(2)28-43)47-23-21-46(22-24-47)34-15-16-34;1-2-4-3;/h10,13-14,17,25-26,28-29,31,34,43H,5-9,11-12,15-16,18-24,27,30H2,1-4H3;2,4H,1,3H2;/q-1;;. The van der Waals surface area contributed by atoms with Gasteiger partial charge in [-0.2, -0.15) is 12.8 Å². The van der Waals surface area contributed by atoms with Crippen LogP contribution in [0, 0.1) is 17.2 Å². The third-order valence-corrected chi connectivity index (χ3v) is 11.8. The number of benzene rings is 1. The number of pyridine rings is 1. The van der Waals surface area contributed by atoms with Crippen LogP contribution in [0.25, 0.3) is 27.7 Å². The average molecular weight is 890 g/mol. The van der Waals surface area contributed by atoms with Crippen LogP contribution >= 0.6 is 0 Å². The van der Waals surface area contributed by atoms with Gasteiger partial charge in [0.1, 0.15) is 0 Å². The van der Waals surface area contributed by atoms with Gasteiger partial charge in [-0.25, -0.2) is 0 Å². The molecule has 4 N–H and O–H groups in total. The van der Waals surface area contributed by atoms with E-state index < -0.39 is 0 Å². The second kappa shape index (κ2) is 19.2. The zero-order valence-corrected chi connectivity index (χ0v) is 35.9. The molecule has 8 nitrogen and oxygen atoms in total. The van der Waals surface area contributed by atoms with Gasteiger partial charge in [0.2, 0.25) is 0 Å². The molecular weight excluding hydrogens is 824 g/mol. The Labute approximate surface area is 334 Å². The van der Waals surface area contributed by atoms with Crippen LogP contribution < -0.4 is 16.2 Å². The summed E-state index contributed by atoms with van der Waals surface area (Å²) in [6.07, 6.45) is 22.7. The van der Waals surface area contributed by atoms with Gasteiger partial charge in [-0.15, -0.1) is 0 Å². The van der Waals surface area contributed by atoms with E-state index in [1.165, 1.54) is 109 Å². The molecule has 288 valence electrons. The largest absolute Gasteiger partial charge is 0.368 e. The summed E-state index contributed by atoms with van der Waals surface area (Å²) in [5.41, 5.74) is 12.8. The van der Waals surface area contributed by atoms with E-state index in [9.17, 15) is 0 Å². The molecule has 0 amide bonds. The molecule has 1 saturated carbocycles. The Bertz CT molecular complexity index is 1700. The topological polar surface area (TPSA) is 89.4 Å². The van der Waals surface area contributed by atoms with E-state index >= 15 is 0 Å². The summed E-state index contributed by atoms with van der Waals surface area (Å²) >= 11 is 0. The number of hydrogen-bond acceptors (Lipinski definition) is 7. The van der Waals surface area contributed by atoms with Crippen LogP contribution in [-0.4, -0.2) is 77.4 Å². The van der Waals surface area contributed by atoms with Gasteiger partial charge in [0.15, 0.2) is 0 Å². The third-order valence-electron chi connectivity index (χ3n) is 11.8. The minimum Gasteiger partial charge on any atom is -0.368 e. The van der Waals surface area contributed by atoms with Gasteiger partial charge in [-0.1, -0.05) is 64.2 Å². The summed E-state index contributed by atoms with van der Waals surface area (Å²) < 4.78 is 2.57.